The van der Waals surface area contributed by atoms with E-state index in [1.54, 1.807) is 0 Å². The Morgan fingerprint density at radius 2 is 2.50 bits per heavy atom. The average molecular weight is 215 g/mol. The molecular formula is C11H21NOS. The second-order valence-electron chi connectivity index (χ2n) is 3.88. The van der Waals surface area contributed by atoms with Crippen molar-refractivity contribution in [3.8, 4) is 0 Å². The molecule has 14 heavy (non-hydrogen) atoms. The Bertz CT molecular complexity index is 178. The molecule has 0 radical (unpaired) electrons. The predicted octanol–water partition coefficient (Wildman–Crippen LogP) is 2.06. The third-order valence-electron chi connectivity index (χ3n) is 2.54. The molecule has 1 heterocycles. The Kier molecular flexibility index (Phi) is 5.60. The molecule has 3 heteroatoms. The summed E-state index contributed by atoms with van der Waals surface area (Å²) in [6, 6.07) is 0.486. The van der Waals surface area contributed by atoms with E-state index in [0.717, 1.165) is 31.0 Å². The van der Waals surface area contributed by atoms with Gasteiger partial charge in [-0.1, -0.05) is 5.57 Å². The van der Waals surface area contributed by atoms with Crippen LogP contribution in [0.15, 0.2) is 12.2 Å². The minimum absolute atomic E-state index is 0.387. The van der Waals surface area contributed by atoms with Gasteiger partial charge in [-0.15, -0.1) is 6.58 Å². The molecule has 2 nitrogen and oxygen atoms in total. The van der Waals surface area contributed by atoms with Gasteiger partial charge in [-0.3, -0.25) is 0 Å². The highest BCUT2D eigenvalue weighted by Gasteiger charge is 2.22. The maximum Gasteiger partial charge on any atom is 0.0818 e. The summed E-state index contributed by atoms with van der Waals surface area (Å²) in [6.45, 7) is 6.92. The van der Waals surface area contributed by atoms with Gasteiger partial charge in [0.15, 0.2) is 0 Å². The number of likely N-dealkylation sites (N-methyl/N-ethyl adjacent to an activating group) is 1. The topological polar surface area (TPSA) is 21.3 Å². The molecule has 82 valence electrons. The summed E-state index contributed by atoms with van der Waals surface area (Å²) in [7, 11) is 2.02. The van der Waals surface area contributed by atoms with Crippen LogP contribution in [-0.2, 0) is 4.74 Å². The van der Waals surface area contributed by atoms with Gasteiger partial charge >= 0.3 is 0 Å². The van der Waals surface area contributed by atoms with Crippen molar-refractivity contribution >= 4 is 11.8 Å². The molecule has 2 atom stereocenters. The fourth-order valence-electron chi connectivity index (χ4n) is 1.66. The van der Waals surface area contributed by atoms with Crippen molar-refractivity contribution < 1.29 is 4.74 Å². The highest BCUT2D eigenvalue weighted by atomic mass is 32.2. The van der Waals surface area contributed by atoms with Crippen molar-refractivity contribution in [1.29, 1.82) is 0 Å². The monoisotopic (exact) mass is 215 g/mol. The van der Waals surface area contributed by atoms with Crippen molar-refractivity contribution in [2.45, 2.75) is 31.9 Å². The van der Waals surface area contributed by atoms with E-state index < -0.39 is 0 Å². The third-order valence-corrected chi connectivity index (χ3v) is 3.56. The largest absolute Gasteiger partial charge is 0.375 e. The summed E-state index contributed by atoms with van der Waals surface area (Å²) in [4.78, 5) is 0. The number of hydrogen-bond donors (Lipinski definition) is 1. The lowest BCUT2D eigenvalue weighted by atomic mass is 10.0. The average Bonchev–Trinajstić information content (AvgIpc) is 2.20. The van der Waals surface area contributed by atoms with Crippen LogP contribution in [0.5, 0.6) is 0 Å². The molecular weight excluding hydrogens is 194 g/mol. The maximum absolute atomic E-state index is 5.75. The first-order valence-electron chi connectivity index (χ1n) is 5.25. The van der Waals surface area contributed by atoms with Crippen molar-refractivity contribution in [2.24, 2.45) is 0 Å². The van der Waals surface area contributed by atoms with Crippen molar-refractivity contribution in [3.05, 3.63) is 12.2 Å². The molecule has 1 aliphatic rings. The summed E-state index contributed by atoms with van der Waals surface area (Å²) < 4.78 is 5.75. The number of hydrogen-bond acceptors (Lipinski definition) is 3. The van der Waals surface area contributed by atoms with Crippen LogP contribution in [0.25, 0.3) is 0 Å². The van der Waals surface area contributed by atoms with Crippen LogP contribution in [0.2, 0.25) is 0 Å². The van der Waals surface area contributed by atoms with Crippen LogP contribution < -0.4 is 5.32 Å². The fraction of sp³-hybridized carbons (Fsp3) is 0.818. The zero-order chi connectivity index (χ0) is 10.4. The lowest BCUT2D eigenvalue weighted by molar-refractivity contribution is 0.0470. The quantitative estimate of drug-likeness (QED) is 0.709. The summed E-state index contributed by atoms with van der Waals surface area (Å²) in [6.07, 6.45) is 2.62. The molecule has 0 spiro atoms. The number of rotatable bonds is 5. The molecule has 0 bridgehead atoms. The first-order chi connectivity index (χ1) is 6.74. The second kappa shape index (κ2) is 6.49. The van der Waals surface area contributed by atoms with Crippen LogP contribution in [0.4, 0.5) is 0 Å². The number of ether oxygens (including phenoxy) is 1. The molecule has 1 N–H and O–H groups in total. The van der Waals surface area contributed by atoms with Gasteiger partial charge in [0.05, 0.1) is 12.7 Å². The molecule has 2 unspecified atom stereocenters. The molecule has 0 aromatic heterocycles. The number of nitrogens with one attached hydrogen (secondary N) is 1. The van der Waals surface area contributed by atoms with Crippen molar-refractivity contribution in [1.82, 2.24) is 5.32 Å². The zero-order valence-corrected chi connectivity index (χ0v) is 10.0. The Labute approximate surface area is 91.5 Å². The van der Waals surface area contributed by atoms with Gasteiger partial charge in [-0.25, -0.2) is 0 Å². The van der Waals surface area contributed by atoms with Gasteiger partial charge in [0.25, 0.3) is 0 Å². The van der Waals surface area contributed by atoms with Gasteiger partial charge in [-0.2, -0.15) is 11.8 Å². The molecule has 1 rings (SSSR count). The van der Waals surface area contributed by atoms with Crippen LogP contribution in [-0.4, -0.2) is 37.3 Å². The normalized spacial score (nSPS) is 24.6. The van der Waals surface area contributed by atoms with E-state index in [1.165, 1.54) is 5.57 Å². The molecule has 0 aromatic rings. The van der Waals surface area contributed by atoms with Gasteiger partial charge in [0.2, 0.25) is 0 Å². The molecule has 0 aliphatic carbocycles. The van der Waals surface area contributed by atoms with Gasteiger partial charge < -0.3 is 10.1 Å². The van der Waals surface area contributed by atoms with Crippen molar-refractivity contribution in [3.63, 3.8) is 0 Å². The van der Waals surface area contributed by atoms with E-state index in [0.29, 0.717) is 12.1 Å². The lowest BCUT2D eigenvalue weighted by Gasteiger charge is -2.30. The molecule has 0 saturated carbocycles. The van der Waals surface area contributed by atoms with Gasteiger partial charge in [-0.05, 0) is 26.8 Å². The van der Waals surface area contributed by atoms with E-state index in [9.17, 15) is 0 Å². The first kappa shape index (κ1) is 12.1. The summed E-state index contributed by atoms with van der Waals surface area (Å²) in [5.41, 5.74) is 1.26. The minimum atomic E-state index is 0.387. The fourth-order valence-corrected chi connectivity index (χ4v) is 2.60. The van der Waals surface area contributed by atoms with E-state index in [1.807, 2.05) is 18.8 Å². The summed E-state index contributed by atoms with van der Waals surface area (Å²) >= 11 is 1.99. The number of thioether (sulfide) groups is 1. The summed E-state index contributed by atoms with van der Waals surface area (Å²) in [5, 5.41) is 3.35. The van der Waals surface area contributed by atoms with Crippen LogP contribution >= 0.6 is 11.8 Å². The smallest absolute Gasteiger partial charge is 0.0818 e. The van der Waals surface area contributed by atoms with Crippen LogP contribution in [0.1, 0.15) is 19.8 Å². The van der Waals surface area contributed by atoms with Crippen LogP contribution in [0, 0.1) is 0 Å². The molecule has 0 aromatic carbocycles. The standard InChI is InChI=1S/C11H21NOS/c1-9(2)4-5-10(12-3)11-8-14-7-6-13-11/h10-12H,1,4-8H2,2-3H3. The Morgan fingerprint density at radius 1 is 1.71 bits per heavy atom. The first-order valence-corrected chi connectivity index (χ1v) is 6.40. The van der Waals surface area contributed by atoms with Crippen LogP contribution in [0.3, 0.4) is 0 Å². The van der Waals surface area contributed by atoms with E-state index >= 15 is 0 Å². The Hall–Kier alpha value is 0.01000. The van der Waals surface area contributed by atoms with Gasteiger partial charge in [0.1, 0.15) is 0 Å². The summed E-state index contributed by atoms with van der Waals surface area (Å²) in [5.74, 6) is 2.27. The Balaban J connectivity index is 2.31. The highest BCUT2D eigenvalue weighted by molar-refractivity contribution is 7.99. The zero-order valence-electron chi connectivity index (χ0n) is 9.21. The molecule has 1 fully saturated rings. The third kappa shape index (κ3) is 4.03. The van der Waals surface area contributed by atoms with Gasteiger partial charge in [0, 0.05) is 17.5 Å². The maximum atomic E-state index is 5.75. The minimum Gasteiger partial charge on any atom is -0.375 e. The lowest BCUT2D eigenvalue weighted by Crippen LogP contribution is -2.43. The second-order valence-corrected chi connectivity index (χ2v) is 5.02. The molecule has 1 saturated heterocycles. The molecule has 0 amide bonds. The SMILES string of the molecule is C=C(C)CCC(NC)C1CSCCO1. The van der Waals surface area contributed by atoms with E-state index in [-0.39, 0.29) is 0 Å². The molecule has 1 aliphatic heterocycles. The Morgan fingerprint density at radius 3 is 3.00 bits per heavy atom. The predicted molar refractivity (Wildman–Crippen MR) is 64.0 cm³/mol. The van der Waals surface area contributed by atoms with E-state index in [4.69, 9.17) is 4.74 Å². The highest BCUT2D eigenvalue weighted by Crippen LogP contribution is 2.18. The van der Waals surface area contributed by atoms with E-state index in [2.05, 4.69) is 18.8 Å². The number of allylic oxidation sites excluding steroid dienone is 1. The van der Waals surface area contributed by atoms with Crippen molar-refractivity contribution in [2.75, 3.05) is 25.2 Å².